The van der Waals surface area contributed by atoms with Crippen LogP contribution in [0.4, 0.5) is 0 Å². The highest BCUT2D eigenvalue weighted by Crippen LogP contribution is 2.24. The lowest BCUT2D eigenvalue weighted by molar-refractivity contribution is 0.331. The van der Waals surface area contributed by atoms with Gasteiger partial charge in [-0.3, -0.25) is 4.90 Å². The van der Waals surface area contributed by atoms with Crippen molar-refractivity contribution < 1.29 is 4.74 Å². The van der Waals surface area contributed by atoms with Crippen LogP contribution in [0.25, 0.3) is 0 Å². The van der Waals surface area contributed by atoms with Crippen molar-refractivity contribution >= 4 is 11.3 Å². The Morgan fingerprint density at radius 1 is 1.17 bits per heavy atom. The van der Waals surface area contributed by atoms with Gasteiger partial charge in [-0.25, -0.2) is 4.98 Å². The summed E-state index contributed by atoms with van der Waals surface area (Å²) in [5.41, 5.74) is 1.35. The van der Waals surface area contributed by atoms with E-state index in [9.17, 15) is 0 Å². The van der Waals surface area contributed by atoms with E-state index in [2.05, 4.69) is 22.0 Å². The van der Waals surface area contributed by atoms with Crippen molar-refractivity contribution in [1.29, 1.82) is 0 Å². The standard InChI is InChI=1S/C14H16N2OS/c1-2-9-16(8-1)11-12-3-5-13(6-4-12)17-14-15-7-10-18-14/h3-7,10H,1-2,8-9,11H2. The molecule has 0 N–H and O–H groups in total. The summed E-state index contributed by atoms with van der Waals surface area (Å²) >= 11 is 1.51. The number of aromatic nitrogens is 1. The van der Waals surface area contributed by atoms with E-state index in [-0.39, 0.29) is 0 Å². The number of benzene rings is 1. The summed E-state index contributed by atoms with van der Waals surface area (Å²) in [6.07, 6.45) is 4.43. The minimum atomic E-state index is 0.697. The van der Waals surface area contributed by atoms with Crippen LogP contribution in [0.15, 0.2) is 35.8 Å². The summed E-state index contributed by atoms with van der Waals surface area (Å²) in [5, 5.41) is 2.61. The minimum absolute atomic E-state index is 0.697. The van der Waals surface area contributed by atoms with Crippen molar-refractivity contribution in [2.75, 3.05) is 13.1 Å². The van der Waals surface area contributed by atoms with Gasteiger partial charge >= 0.3 is 0 Å². The monoisotopic (exact) mass is 260 g/mol. The van der Waals surface area contributed by atoms with Gasteiger partial charge in [0.1, 0.15) is 5.75 Å². The van der Waals surface area contributed by atoms with Gasteiger partial charge in [0, 0.05) is 18.1 Å². The fourth-order valence-corrected chi connectivity index (χ4v) is 2.73. The summed E-state index contributed by atoms with van der Waals surface area (Å²) in [7, 11) is 0. The third-order valence-corrected chi connectivity index (χ3v) is 3.79. The molecular weight excluding hydrogens is 244 g/mol. The SMILES string of the molecule is c1csc(Oc2ccc(CN3CCCC3)cc2)n1. The molecule has 0 saturated carbocycles. The molecule has 0 unspecified atom stereocenters. The molecule has 0 spiro atoms. The Morgan fingerprint density at radius 3 is 2.61 bits per heavy atom. The molecule has 1 aliphatic rings. The van der Waals surface area contributed by atoms with Crippen molar-refractivity contribution in [3.63, 3.8) is 0 Å². The molecule has 1 fully saturated rings. The predicted molar refractivity (Wildman–Crippen MR) is 73.1 cm³/mol. The van der Waals surface area contributed by atoms with Crippen molar-refractivity contribution in [3.8, 4) is 10.9 Å². The summed E-state index contributed by atoms with van der Waals surface area (Å²) < 4.78 is 5.64. The third-order valence-electron chi connectivity index (χ3n) is 3.14. The molecule has 2 aromatic rings. The third kappa shape index (κ3) is 2.89. The first-order valence-corrected chi connectivity index (χ1v) is 7.17. The normalized spacial score (nSPS) is 16.0. The molecule has 1 saturated heterocycles. The Hall–Kier alpha value is -1.39. The van der Waals surface area contributed by atoms with E-state index in [1.807, 2.05) is 17.5 Å². The van der Waals surface area contributed by atoms with Crippen LogP contribution in [-0.4, -0.2) is 23.0 Å². The number of thiazole rings is 1. The second kappa shape index (κ2) is 5.50. The number of rotatable bonds is 4. The average Bonchev–Trinajstić information content (AvgIpc) is 3.05. The topological polar surface area (TPSA) is 25.4 Å². The predicted octanol–water partition coefficient (Wildman–Crippen LogP) is 3.53. The summed E-state index contributed by atoms with van der Waals surface area (Å²) in [4.78, 5) is 6.60. The molecule has 3 nitrogen and oxygen atoms in total. The maximum Gasteiger partial charge on any atom is 0.278 e. The Bertz CT molecular complexity index is 475. The van der Waals surface area contributed by atoms with Crippen LogP contribution >= 0.6 is 11.3 Å². The molecule has 0 radical (unpaired) electrons. The lowest BCUT2D eigenvalue weighted by atomic mass is 10.2. The van der Waals surface area contributed by atoms with E-state index in [0.29, 0.717) is 5.19 Å². The van der Waals surface area contributed by atoms with Crippen LogP contribution in [0, 0.1) is 0 Å². The first-order chi connectivity index (χ1) is 8.90. The van der Waals surface area contributed by atoms with Crippen molar-refractivity contribution in [2.45, 2.75) is 19.4 Å². The number of hydrogen-bond acceptors (Lipinski definition) is 4. The average molecular weight is 260 g/mol. The first-order valence-electron chi connectivity index (χ1n) is 6.29. The van der Waals surface area contributed by atoms with Gasteiger partial charge in [0.25, 0.3) is 5.19 Å². The summed E-state index contributed by atoms with van der Waals surface area (Å²) in [6.45, 7) is 3.52. The van der Waals surface area contributed by atoms with Gasteiger partial charge in [-0.05, 0) is 43.6 Å². The minimum Gasteiger partial charge on any atom is -0.431 e. The van der Waals surface area contributed by atoms with Crippen LogP contribution in [0.3, 0.4) is 0 Å². The van der Waals surface area contributed by atoms with Crippen LogP contribution < -0.4 is 4.74 Å². The first kappa shape index (κ1) is 11.7. The Balaban J connectivity index is 1.61. The van der Waals surface area contributed by atoms with E-state index in [4.69, 9.17) is 4.74 Å². The number of hydrogen-bond donors (Lipinski definition) is 0. The molecule has 1 aromatic carbocycles. The summed E-state index contributed by atoms with van der Waals surface area (Å²) in [5.74, 6) is 0.857. The molecular formula is C14H16N2OS. The van der Waals surface area contributed by atoms with Crippen molar-refractivity contribution in [3.05, 3.63) is 41.4 Å². The van der Waals surface area contributed by atoms with Crippen LogP contribution in [-0.2, 0) is 6.54 Å². The van der Waals surface area contributed by atoms with Gasteiger partial charge in [0.05, 0.1) is 0 Å². The lowest BCUT2D eigenvalue weighted by Gasteiger charge is -2.14. The Morgan fingerprint density at radius 2 is 1.94 bits per heavy atom. The van der Waals surface area contributed by atoms with E-state index >= 15 is 0 Å². The largest absolute Gasteiger partial charge is 0.431 e. The van der Waals surface area contributed by atoms with Crippen LogP contribution in [0.1, 0.15) is 18.4 Å². The van der Waals surface area contributed by atoms with Gasteiger partial charge in [0.2, 0.25) is 0 Å². The van der Waals surface area contributed by atoms with Gasteiger partial charge in [-0.15, -0.1) is 0 Å². The summed E-state index contributed by atoms with van der Waals surface area (Å²) in [6, 6.07) is 8.32. The van der Waals surface area contributed by atoms with E-state index < -0.39 is 0 Å². The van der Waals surface area contributed by atoms with E-state index in [0.717, 1.165) is 12.3 Å². The van der Waals surface area contributed by atoms with Gasteiger partial charge < -0.3 is 4.74 Å². The molecule has 3 rings (SSSR count). The maximum absolute atomic E-state index is 5.64. The smallest absolute Gasteiger partial charge is 0.278 e. The molecule has 18 heavy (non-hydrogen) atoms. The maximum atomic E-state index is 5.64. The molecule has 0 atom stereocenters. The highest BCUT2D eigenvalue weighted by Gasteiger charge is 2.11. The molecule has 0 aliphatic carbocycles. The fourth-order valence-electron chi connectivity index (χ4n) is 2.22. The molecule has 0 bridgehead atoms. The van der Waals surface area contributed by atoms with Crippen molar-refractivity contribution in [1.82, 2.24) is 9.88 Å². The van der Waals surface area contributed by atoms with Gasteiger partial charge in [-0.1, -0.05) is 23.5 Å². The molecule has 94 valence electrons. The molecule has 4 heteroatoms. The van der Waals surface area contributed by atoms with E-state index in [1.165, 1.54) is 42.8 Å². The lowest BCUT2D eigenvalue weighted by Crippen LogP contribution is -2.18. The number of likely N-dealkylation sites (tertiary alicyclic amines) is 1. The zero-order valence-corrected chi connectivity index (χ0v) is 11.0. The highest BCUT2D eigenvalue weighted by atomic mass is 32.1. The molecule has 1 aromatic heterocycles. The van der Waals surface area contributed by atoms with Crippen LogP contribution in [0.5, 0.6) is 10.9 Å². The second-order valence-corrected chi connectivity index (χ2v) is 5.38. The zero-order chi connectivity index (χ0) is 12.2. The molecule has 2 heterocycles. The number of nitrogens with zero attached hydrogens (tertiary/aromatic N) is 2. The Labute approximate surface area is 111 Å². The highest BCUT2D eigenvalue weighted by molar-refractivity contribution is 7.11. The van der Waals surface area contributed by atoms with Crippen LogP contribution in [0.2, 0.25) is 0 Å². The molecule has 0 amide bonds. The van der Waals surface area contributed by atoms with Crippen molar-refractivity contribution in [2.24, 2.45) is 0 Å². The zero-order valence-electron chi connectivity index (χ0n) is 10.2. The number of ether oxygens (including phenoxy) is 1. The fraction of sp³-hybridized carbons (Fsp3) is 0.357. The molecule has 1 aliphatic heterocycles. The second-order valence-electron chi connectivity index (χ2n) is 4.53. The van der Waals surface area contributed by atoms with E-state index in [1.54, 1.807) is 6.20 Å². The quantitative estimate of drug-likeness (QED) is 0.841. The Kier molecular flexibility index (Phi) is 3.57. The van der Waals surface area contributed by atoms with Gasteiger partial charge in [-0.2, -0.15) is 0 Å². The van der Waals surface area contributed by atoms with Gasteiger partial charge in [0.15, 0.2) is 0 Å².